The summed E-state index contributed by atoms with van der Waals surface area (Å²) in [5.41, 5.74) is 0.956. The molecule has 1 fully saturated rings. The van der Waals surface area contributed by atoms with Crippen LogP contribution >= 0.6 is 11.3 Å². The summed E-state index contributed by atoms with van der Waals surface area (Å²) in [6.45, 7) is 4.43. The highest BCUT2D eigenvalue weighted by atomic mass is 32.1. The van der Waals surface area contributed by atoms with Gasteiger partial charge in [0.1, 0.15) is 11.5 Å². The third kappa shape index (κ3) is 2.10. The number of thiazole rings is 1. The zero-order valence-electron chi connectivity index (χ0n) is 11.3. The Hall–Kier alpha value is -1.47. The molecule has 0 bridgehead atoms. The summed E-state index contributed by atoms with van der Waals surface area (Å²) in [7, 11) is 0. The quantitative estimate of drug-likeness (QED) is 0.841. The molecule has 0 saturated carbocycles. The van der Waals surface area contributed by atoms with Crippen molar-refractivity contribution in [1.29, 1.82) is 0 Å². The highest BCUT2D eigenvalue weighted by molar-refractivity contribution is 7.14. The summed E-state index contributed by atoms with van der Waals surface area (Å²) in [6.07, 6.45) is 3.46. The van der Waals surface area contributed by atoms with Gasteiger partial charge in [-0.25, -0.2) is 4.98 Å². The van der Waals surface area contributed by atoms with Crippen molar-refractivity contribution in [3.05, 3.63) is 11.2 Å². The van der Waals surface area contributed by atoms with Gasteiger partial charge in [0.05, 0.1) is 13.2 Å². The molecule has 2 aliphatic heterocycles. The molecule has 2 aromatic rings. The molecule has 6 nitrogen and oxygen atoms in total. The number of rotatable bonds is 2. The summed E-state index contributed by atoms with van der Waals surface area (Å²) in [5.74, 6) is 2.03. The lowest BCUT2D eigenvalue weighted by molar-refractivity contribution is 0.122. The van der Waals surface area contributed by atoms with Gasteiger partial charge in [0.2, 0.25) is 0 Å². The molecule has 1 saturated heterocycles. The van der Waals surface area contributed by atoms with E-state index in [0.717, 1.165) is 61.7 Å². The van der Waals surface area contributed by atoms with Gasteiger partial charge in [-0.15, -0.1) is 21.5 Å². The predicted molar refractivity (Wildman–Crippen MR) is 77.1 cm³/mol. The lowest BCUT2D eigenvalue weighted by atomic mass is 10.1. The Morgan fingerprint density at radius 2 is 2.00 bits per heavy atom. The lowest BCUT2D eigenvalue weighted by Crippen LogP contribution is -2.36. The SMILES string of the molecule is c1sc(N2CCOCC2)nc1-c1nnc2n1CCCC2. The highest BCUT2D eigenvalue weighted by Crippen LogP contribution is 2.28. The fourth-order valence-electron chi connectivity index (χ4n) is 2.76. The largest absolute Gasteiger partial charge is 0.378 e. The Balaban J connectivity index is 1.63. The van der Waals surface area contributed by atoms with Crippen molar-refractivity contribution >= 4 is 16.5 Å². The zero-order valence-corrected chi connectivity index (χ0v) is 12.1. The van der Waals surface area contributed by atoms with Crippen molar-refractivity contribution in [2.45, 2.75) is 25.8 Å². The smallest absolute Gasteiger partial charge is 0.186 e. The van der Waals surface area contributed by atoms with Gasteiger partial charge in [0.25, 0.3) is 0 Å². The van der Waals surface area contributed by atoms with E-state index in [0.29, 0.717) is 0 Å². The van der Waals surface area contributed by atoms with E-state index in [-0.39, 0.29) is 0 Å². The minimum absolute atomic E-state index is 0.787. The number of anilines is 1. The van der Waals surface area contributed by atoms with Crippen LogP contribution < -0.4 is 4.90 Å². The fourth-order valence-corrected chi connectivity index (χ4v) is 3.62. The Kier molecular flexibility index (Phi) is 3.16. The van der Waals surface area contributed by atoms with Crippen LogP contribution in [0.1, 0.15) is 18.7 Å². The number of nitrogens with zero attached hydrogens (tertiary/aromatic N) is 5. The lowest BCUT2D eigenvalue weighted by Gasteiger charge is -2.26. The number of ether oxygens (including phenoxy) is 1. The van der Waals surface area contributed by atoms with E-state index in [1.165, 1.54) is 12.8 Å². The second-order valence-electron chi connectivity index (χ2n) is 5.16. The first kappa shape index (κ1) is 12.3. The fraction of sp³-hybridized carbons (Fsp3) is 0.615. The molecule has 4 heterocycles. The number of aryl methyl sites for hydroxylation is 1. The number of aromatic nitrogens is 4. The van der Waals surface area contributed by atoms with Crippen LogP contribution in [0.4, 0.5) is 5.13 Å². The first-order valence-corrected chi connectivity index (χ1v) is 8.00. The Labute approximate surface area is 121 Å². The maximum absolute atomic E-state index is 5.38. The average Bonchev–Trinajstić information content (AvgIpc) is 3.14. The van der Waals surface area contributed by atoms with E-state index in [4.69, 9.17) is 9.72 Å². The molecular weight excluding hydrogens is 274 g/mol. The van der Waals surface area contributed by atoms with Gasteiger partial charge in [0, 0.05) is 31.4 Å². The topological polar surface area (TPSA) is 56.1 Å². The molecule has 2 aliphatic rings. The summed E-state index contributed by atoms with van der Waals surface area (Å²) in [6, 6.07) is 0. The van der Waals surface area contributed by atoms with E-state index in [1.807, 2.05) is 0 Å². The second kappa shape index (κ2) is 5.14. The molecule has 0 N–H and O–H groups in total. The molecule has 0 atom stereocenters. The predicted octanol–water partition coefficient (Wildman–Crippen LogP) is 1.57. The van der Waals surface area contributed by atoms with Crippen LogP contribution in [-0.4, -0.2) is 46.1 Å². The van der Waals surface area contributed by atoms with Crippen LogP contribution in [0.2, 0.25) is 0 Å². The molecule has 7 heteroatoms. The summed E-state index contributed by atoms with van der Waals surface area (Å²) in [5, 5.41) is 11.8. The molecule has 2 aromatic heterocycles. The van der Waals surface area contributed by atoms with E-state index in [2.05, 4.69) is 25.0 Å². The first-order valence-electron chi connectivity index (χ1n) is 7.12. The van der Waals surface area contributed by atoms with Crippen LogP contribution in [0, 0.1) is 0 Å². The van der Waals surface area contributed by atoms with Gasteiger partial charge in [-0.1, -0.05) is 0 Å². The number of fused-ring (bicyclic) bond motifs is 1. The third-order valence-corrected chi connectivity index (χ3v) is 4.76. The molecule has 0 aromatic carbocycles. The highest BCUT2D eigenvalue weighted by Gasteiger charge is 2.20. The molecule has 0 amide bonds. The van der Waals surface area contributed by atoms with Crippen molar-refractivity contribution in [3.63, 3.8) is 0 Å². The molecule has 0 aliphatic carbocycles. The molecule has 4 rings (SSSR count). The Morgan fingerprint density at radius 3 is 2.90 bits per heavy atom. The van der Waals surface area contributed by atoms with Crippen LogP contribution in [0.15, 0.2) is 5.38 Å². The van der Waals surface area contributed by atoms with E-state index in [1.54, 1.807) is 11.3 Å². The molecule has 0 spiro atoms. The van der Waals surface area contributed by atoms with E-state index >= 15 is 0 Å². The van der Waals surface area contributed by atoms with Crippen molar-refractivity contribution < 1.29 is 4.74 Å². The number of morpholine rings is 1. The molecular formula is C13H17N5OS. The van der Waals surface area contributed by atoms with Crippen LogP contribution in [-0.2, 0) is 17.7 Å². The Bertz CT molecular complexity index is 602. The molecule has 0 radical (unpaired) electrons. The van der Waals surface area contributed by atoms with Gasteiger partial charge >= 0.3 is 0 Å². The molecule has 20 heavy (non-hydrogen) atoms. The molecule has 0 unspecified atom stereocenters. The molecule has 106 valence electrons. The first-order chi connectivity index (χ1) is 9.92. The third-order valence-electron chi connectivity index (χ3n) is 3.86. The number of hydrogen-bond acceptors (Lipinski definition) is 6. The second-order valence-corrected chi connectivity index (χ2v) is 6.00. The van der Waals surface area contributed by atoms with Crippen molar-refractivity contribution in [2.24, 2.45) is 0 Å². The van der Waals surface area contributed by atoms with Crippen LogP contribution in [0.5, 0.6) is 0 Å². The van der Waals surface area contributed by atoms with Crippen molar-refractivity contribution in [2.75, 3.05) is 31.2 Å². The normalized spacial score (nSPS) is 19.1. The maximum Gasteiger partial charge on any atom is 0.186 e. The zero-order chi connectivity index (χ0) is 13.4. The monoisotopic (exact) mass is 291 g/mol. The summed E-state index contributed by atoms with van der Waals surface area (Å²) in [4.78, 5) is 7.03. The van der Waals surface area contributed by atoms with Gasteiger partial charge in [0.15, 0.2) is 11.0 Å². The minimum atomic E-state index is 0.787. The standard InChI is InChI=1S/C13H17N5OS/c1-2-4-18-11(3-1)15-16-12(18)10-9-20-13(14-10)17-5-7-19-8-6-17/h9H,1-8H2. The van der Waals surface area contributed by atoms with Gasteiger partial charge in [-0.3, -0.25) is 0 Å². The van der Waals surface area contributed by atoms with Crippen molar-refractivity contribution in [1.82, 2.24) is 19.7 Å². The van der Waals surface area contributed by atoms with Gasteiger partial charge in [-0.2, -0.15) is 0 Å². The maximum atomic E-state index is 5.38. The van der Waals surface area contributed by atoms with Gasteiger partial charge in [-0.05, 0) is 12.8 Å². The average molecular weight is 291 g/mol. The van der Waals surface area contributed by atoms with Gasteiger partial charge < -0.3 is 14.2 Å². The van der Waals surface area contributed by atoms with Crippen molar-refractivity contribution in [3.8, 4) is 11.5 Å². The summed E-state index contributed by atoms with van der Waals surface area (Å²) < 4.78 is 7.61. The van der Waals surface area contributed by atoms with Crippen LogP contribution in [0.25, 0.3) is 11.5 Å². The summed E-state index contributed by atoms with van der Waals surface area (Å²) >= 11 is 1.68. The minimum Gasteiger partial charge on any atom is -0.378 e. The van der Waals surface area contributed by atoms with E-state index in [9.17, 15) is 0 Å². The number of hydrogen-bond donors (Lipinski definition) is 0. The Morgan fingerprint density at radius 1 is 1.10 bits per heavy atom. The van der Waals surface area contributed by atoms with Crippen LogP contribution in [0.3, 0.4) is 0 Å². The van der Waals surface area contributed by atoms with E-state index < -0.39 is 0 Å².